The summed E-state index contributed by atoms with van der Waals surface area (Å²) in [6.07, 6.45) is 3.75. The van der Waals surface area contributed by atoms with Crippen molar-refractivity contribution >= 4 is 58.7 Å². The quantitative estimate of drug-likeness (QED) is 0.490. The second-order valence-corrected chi connectivity index (χ2v) is 6.53. The van der Waals surface area contributed by atoms with Gasteiger partial charge in [-0.15, -0.1) is 11.8 Å². The van der Waals surface area contributed by atoms with Crippen LogP contribution < -0.4 is 0 Å². The number of fused-ring (bicyclic) bond motifs is 1. The van der Waals surface area contributed by atoms with Crippen molar-refractivity contribution in [2.24, 2.45) is 0 Å². The monoisotopic (exact) mass is 319 g/mol. The molecule has 2 heterocycles. The van der Waals surface area contributed by atoms with Crippen LogP contribution in [0.15, 0.2) is 9.37 Å². The van der Waals surface area contributed by atoms with Gasteiger partial charge in [0.2, 0.25) is 0 Å². The highest BCUT2D eigenvalue weighted by Crippen LogP contribution is 2.27. The first kappa shape index (κ1) is 13.8. The molecule has 2 rings (SSSR count). The van der Waals surface area contributed by atoms with Gasteiger partial charge < -0.3 is 4.74 Å². The van der Waals surface area contributed by atoms with Crippen LogP contribution in [0.3, 0.4) is 0 Å². The predicted molar refractivity (Wildman–Crippen MR) is 76.6 cm³/mol. The van der Waals surface area contributed by atoms with Crippen molar-refractivity contribution in [3.63, 3.8) is 0 Å². The maximum atomic E-state index is 11.8. The molecule has 0 radical (unpaired) electrons. The van der Waals surface area contributed by atoms with Crippen molar-refractivity contribution in [1.82, 2.24) is 14.6 Å². The van der Waals surface area contributed by atoms with Gasteiger partial charge in [-0.3, -0.25) is 0 Å². The smallest absolute Gasteiger partial charge is 0.344 e. The third-order valence-corrected chi connectivity index (χ3v) is 5.03. The number of nitrogens with zero attached hydrogens (tertiary/aromatic N) is 3. The molecule has 2 aromatic rings. The Morgan fingerprint density at radius 1 is 1.44 bits per heavy atom. The number of esters is 1. The summed E-state index contributed by atoms with van der Waals surface area (Å²) < 4.78 is 7.65. The van der Waals surface area contributed by atoms with Crippen molar-refractivity contribution in [2.45, 2.75) is 9.37 Å². The summed E-state index contributed by atoms with van der Waals surface area (Å²) in [4.78, 5) is 16.2. The predicted octanol–water partition coefficient (Wildman–Crippen LogP) is 2.75. The maximum Gasteiger partial charge on any atom is 0.344 e. The van der Waals surface area contributed by atoms with Gasteiger partial charge in [-0.2, -0.15) is 9.61 Å². The number of hydrogen-bond acceptors (Lipinski definition) is 8. The van der Waals surface area contributed by atoms with Gasteiger partial charge in [0.25, 0.3) is 0 Å². The Hall–Kier alpha value is -0.640. The molecule has 0 atom stereocenters. The molecule has 0 unspecified atom stereocenters. The van der Waals surface area contributed by atoms with Crippen molar-refractivity contribution in [3.05, 3.63) is 9.52 Å². The van der Waals surface area contributed by atoms with Crippen LogP contribution >= 0.6 is 47.1 Å². The lowest BCUT2D eigenvalue weighted by Crippen LogP contribution is -2.03. The summed E-state index contributed by atoms with van der Waals surface area (Å²) in [6.45, 7) is 0. The summed E-state index contributed by atoms with van der Waals surface area (Å²) in [5.41, 5.74) is 0.832. The van der Waals surface area contributed by atoms with E-state index in [0.29, 0.717) is 20.2 Å². The second kappa shape index (κ2) is 5.55. The summed E-state index contributed by atoms with van der Waals surface area (Å²) >= 11 is 9.47. The zero-order chi connectivity index (χ0) is 13.3. The van der Waals surface area contributed by atoms with E-state index in [1.54, 1.807) is 0 Å². The standard InChI is InChI=1S/C9H9N3O2S4/c1-14-7(13)4-5-10-8(17-3)18-9(15)12(5)11-6(4)16-2/h1-3H3. The van der Waals surface area contributed by atoms with E-state index in [-0.39, 0.29) is 0 Å². The van der Waals surface area contributed by atoms with Crippen molar-refractivity contribution in [1.29, 1.82) is 0 Å². The number of ether oxygens (including phenoxy) is 1. The van der Waals surface area contributed by atoms with Crippen molar-refractivity contribution in [2.75, 3.05) is 19.6 Å². The third-order valence-electron chi connectivity index (χ3n) is 2.13. The molecular formula is C9H9N3O2S4. The average Bonchev–Trinajstić information content (AvgIpc) is 2.76. The van der Waals surface area contributed by atoms with Crippen LogP contribution in [-0.4, -0.2) is 40.2 Å². The summed E-state index contributed by atoms with van der Waals surface area (Å²) in [5.74, 6) is -0.445. The van der Waals surface area contributed by atoms with Crippen LogP contribution in [0.5, 0.6) is 0 Å². The largest absolute Gasteiger partial charge is 0.465 e. The number of hydrogen-bond donors (Lipinski definition) is 0. The van der Waals surface area contributed by atoms with Gasteiger partial charge in [0, 0.05) is 0 Å². The molecule has 0 saturated heterocycles. The van der Waals surface area contributed by atoms with Gasteiger partial charge in [-0.1, -0.05) is 23.1 Å². The van der Waals surface area contributed by atoms with E-state index in [1.807, 2.05) is 12.5 Å². The zero-order valence-electron chi connectivity index (χ0n) is 9.79. The highest BCUT2D eigenvalue weighted by molar-refractivity contribution is 8.00. The van der Waals surface area contributed by atoms with Gasteiger partial charge in [0.15, 0.2) is 13.9 Å². The number of carbonyl (C=O) groups excluding carboxylic acids is 1. The van der Waals surface area contributed by atoms with Gasteiger partial charge in [-0.05, 0) is 24.7 Å². The molecule has 0 fully saturated rings. The lowest BCUT2D eigenvalue weighted by atomic mass is 10.3. The average molecular weight is 319 g/mol. The summed E-state index contributed by atoms with van der Waals surface area (Å²) in [6, 6.07) is 0. The molecule has 18 heavy (non-hydrogen) atoms. The molecule has 0 N–H and O–H groups in total. The lowest BCUT2D eigenvalue weighted by molar-refractivity contribution is 0.0598. The molecule has 9 heteroatoms. The molecule has 5 nitrogen and oxygen atoms in total. The Morgan fingerprint density at radius 2 is 2.17 bits per heavy atom. The molecule has 0 spiro atoms. The first-order valence-corrected chi connectivity index (χ1v) is 8.40. The van der Waals surface area contributed by atoms with Crippen molar-refractivity contribution < 1.29 is 9.53 Å². The van der Waals surface area contributed by atoms with E-state index in [0.717, 1.165) is 4.34 Å². The number of rotatable bonds is 3. The molecule has 0 aromatic carbocycles. The summed E-state index contributed by atoms with van der Waals surface area (Å²) in [5, 5.41) is 4.86. The molecule has 0 aliphatic heterocycles. The van der Waals surface area contributed by atoms with Crippen LogP contribution in [0.4, 0.5) is 0 Å². The van der Waals surface area contributed by atoms with Crippen LogP contribution in [0.2, 0.25) is 0 Å². The Kier molecular flexibility index (Phi) is 4.25. The van der Waals surface area contributed by atoms with E-state index in [1.165, 1.54) is 46.5 Å². The fourth-order valence-corrected chi connectivity index (χ4v) is 3.67. The molecule has 0 bridgehead atoms. The van der Waals surface area contributed by atoms with Crippen molar-refractivity contribution in [3.8, 4) is 0 Å². The van der Waals surface area contributed by atoms with E-state index in [2.05, 4.69) is 10.1 Å². The Labute approximate surface area is 121 Å². The molecule has 2 aromatic heterocycles. The molecule has 0 aliphatic carbocycles. The number of carbonyl (C=O) groups is 1. The van der Waals surface area contributed by atoms with Gasteiger partial charge in [0.05, 0.1) is 7.11 Å². The lowest BCUT2D eigenvalue weighted by Gasteiger charge is -1.99. The first-order valence-electron chi connectivity index (χ1n) is 4.72. The fourth-order valence-electron chi connectivity index (χ4n) is 1.36. The summed E-state index contributed by atoms with van der Waals surface area (Å²) in [7, 11) is 1.34. The minimum absolute atomic E-state index is 0.374. The second-order valence-electron chi connectivity index (χ2n) is 3.06. The third kappa shape index (κ3) is 2.27. The number of aromatic nitrogens is 3. The van der Waals surface area contributed by atoms with Crippen LogP contribution in [0, 0.1) is 3.95 Å². The molecular weight excluding hydrogens is 310 g/mol. The van der Waals surface area contributed by atoms with Gasteiger partial charge in [-0.25, -0.2) is 9.78 Å². The molecule has 0 aliphatic rings. The minimum Gasteiger partial charge on any atom is -0.465 e. The number of methoxy groups -OCH3 is 1. The Balaban J connectivity index is 2.84. The highest BCUT2D eigenvalue weighted by Gasteiger charge is 2.22. The topological polar surface area (TPSA) is 56.5 Å². The minimum atomic E-state index is -0.445. The molecule has 96 valence electrons. The van der Waals surface area contributed by atoms with E-state index in [4.69, 9.17) is 17.0 Å². The van der Waals surface area contributed by atoms with E-state index in [9.17, 15) is 4.79 Å². The SMILES string of the molecule is COC(=O)c1c(SC)nn2c(=S)sc(SC)nc12. The number of thioether (sulfide) groups is 2. The van der Waals surface area contributed by atoms with Gasteiger partial charge >= 0.3 is 5.97 Å². The molecule has 0 amide bonds. The normalized spacial score (nSPS) is 10.8. The zero-order valence-corrected chi connectivity index (χ0v) is 13.1. The van der Waals surface area contributed by atoms with Crippen LogP contribution in [0.1, 0.15) is 10.4 Å². The highest BCUT2D eigenvalue weighted by atomic mass is 32.2. The fraction of sp³-hybridized carbons (Fsp3) is 0.333. The Morgan fingerprint density at radius 3 is 2.72 bits per heavy atom. The van der Waals surface area contributed by atoms with Gasteiger partial charge in [0.1, 0.15) is 10.6 Å². The van der Waals surface area contributed by atoms with E-state index < -0.39 is 5.97 Å². The van der Waals surface area contributed by atoms with Crippen LogP contribution in [-0.2, 0) is 4.74 Å². The maximum absolute atomic E-state index is 11.8. The Bertz CT molecular complexity index is 664. The van der Waals surface area contributed by atoms with Crippen LogP contribution in [0.25, 0.3) is 5.65 Å². The molecule has 0 saturated carbocycles. The van der Waals surface area contributed by atoms with E-state index >= 15 is 0 Å². The first-order chi connectivity index (χ1) is 8.62.